The molecule has 0 unspecified atom stereocenters. The second-order valence-electron chi connectivity index (χ2n) is 10.9. The summed E-state index contributed by atoms with van der Waals surface area (Å²) in [6.45, 7) is 1.54. The van der Waals surface area contributed by atoms with Gasteiger partial charge in [0.1, 0.15) is 11.9 Å². The lowest BCUT2D eigenvalue weighted by atomic mass is 9.95. The normalized spacial score (nSPS) is 20.9. The van der Waals surface area contributed by atoms with Gasteiger partial charge in [-0.25, -0.2) is 13.8 Å². The topological polar surface area (TPSA) is 87.6 Å². The quantitative estimate of drug-likeness (QED) is 0.357. The average Bonchev–Trinajstić information content (AvgIpc) is 3.37. The van der Waals surface area contributed by atoms with Crippen LogP contribution in [-0.2, 0) is 29.0 Å². The third kappa shape index (κ3) is 6.31. The van der Waals surface area contributed by atoms with Gasteiger partial charge in [0.2, 0.25) is 0 Å². The van der Waals surface area contributed by atoms with Gasteiger partial charge in [-0.1, -0.05) is 12.1 Å². The van der Waals surface area contributed by atoms with Crippen LogP contribution in [0.5, 0.6) is 0 Å². The van der Waals surface area contributed by atoms with Crippen LogP contribution in [0.4, 0.5) is 14.6 Å². The summed E-state index contributed by atoms with van der Waals surface area (Å²) >= 11 is 0. The van der Waals surface area contributed by atoms with E-state index in [0.29, 0.717) is 37.1 Å². The van der Waals surface area contributed by atoms with Crippen LogP contribution in [0.25, 0.3) is 0 Å². The maximum atomic E-state index is 15.2. The fourth-order valence-corrected chi connectivity index (χ4v) is 5.79. The third-order valence-corrected chi connectivity index (χ3v) is 8.29. The minimum Gasteiger partial charge on any atom is -0.480 e. The van der Waals surface area contributed by atoms with Gasteiger partial charge in [0, 0.05) is 42.9 Å². The standard InChI is InChI=1S/C29H38F2N4O3/c30-29(31,14-2-1-7-22-12-11-20-6-4-16-33-27(20)34-22)21-13-17-35(18-21)26(28(36)37)24-10-5-15-32-25(24)19-38-23-8-3-9-23/h5,10-12,15,21,23,26H,1-4,6-9,13-14,16-19H2,(H,33,34)(H,36,37)/t21-,26+/m1/s1. The molecular formula is C29H38F2N4O3. The van der Waals surface area contributed by atoms with E-state index in [1.807, 2.05) is 6.07 Å². The highest BCUT2D eigenvalue weighted by molar-refractivity contribution is 5.76. The molecule has 2 atom stereocenters. The van der Waals surface area contributed by atoms with Gasteiger partial charge in [-0.2, -0.15) is 0 Å². The van der Waals surface area contributed by atoms with Gasteiger partial charge in [0.25, 0.3) is 5.92 Å². The van der Waals surface area contributed by atoms with Crippen molar-refractivity contribution in [2.24, 2.45) is 5.92 Å². The molecule has 1 aliphatic carbocycles. The smallest absolute Gasteiger partial charge is 0.325 e. The largest absolute Gasteiger partial charge is 0.480 e. The number of nitrogens with one attached hydrogen (secondary N) is 1. The lowest BCUT2D eigenvalue weighted by Gasteiger charge is -2.29. The minimum atomic E-state index is -2.84. The monoisotopic (exact) mass is 528 g/mol. The van der Waals surface area contributed by atoms with E-state index in [4.69, 9.17) is 4.74 Å². The molecule has 2 aliphatic heterocycles. The van der Waals surface area contributed by atoms with E-state index in [-0.39, 0.29) is 32.1 Å². The zero-order chi connectivity index (χ0) is 26.5. The number of aryl methyl sites for hydroxylation is 2. The Bertz CT molecular complexity index is 1110. The highest BCUT2D eigenvalue weighted by atomic mass is 19.3. The lowest BCUT2D eigenvalue weighted by Crippen LogP contribution is -2.36. The summed E-state index contributed by atoms with van der Waals surface area (Å²) in [4.78, 5) is 23.0. The van der Waals surface area contributed by atoms with Gasteiger partial charge < -0.3 is 15.2 Å². The van der Waals surface area contributed by atoms with E-state index in [1.165, 1.54) is 5.56 Å². The molecule has 0 bridgehead atoms. The number of pyridine rings is 2. The van der Waals surface area contributed by atoms with E-state index in [0.717, 1.165) is 50.2 Å². The van der Waals surface area contributed by atoms with Crippen LogP contribution in [0.3, 0.4) is 0 Å². The number of ether oxygens (including phenoxy) is 1. The Hall–Kier alpha value is -2.65. The SMILES string of the molecule is O=C(O)[C@H](c1cccnc1COC1CCC1)N1CC[C@@H](C(F)(F)CCCCc2ccc3c(n2)NCCC3)C1. The molecule has 4 heterocycles. The molecule has 0 aromatic carbocycles. The molecule has 2 fully saturated rings. The minimum absolute atomic E-state index is 0.0554. The third-order valence-electron chi connectivity index (χ3n) is 8.29. The molecule has 2 aromatic heterocycles. The van der Waals surface area contributed by atoms with Crippen LogP contribution < -0.4 is 5.32 Å². The summed E-state index contributed by atoms with van der Waals surface area (Å²) in [5.41, 5.74) is 3.27. The van der Waals surface area contributed by atoms with E-state index in [2.05, 4.69) is 21.4 Å². The number of hydrogen-bond acceptors (Lipinski definition) is 6. The summed E-state index contributed by atoms with van der Waals surface area (Å²) in [5.74, 6) is -3.81. The average molecular weight is 529 g/mol. The molecule has 0 amide bonds. The van der Waals surface area contributed by atoms with Crippen molar-refractivity contribution >= 4 is 11.8 Å². The van der Waals surface area contributed by atoms with Gasteiger partial charge in [-0.05, 0) is 82.0 Å². The number of aromatic nitrogens is 2. The number of alkyl halides is 2. The Balaban J connectivity index is 1.15. The molecule has 2 aromatic rings. The van der Waals surface area contributed by atoms with Gasteiger partial charge >= 0.3 is 5.97 Å². The van der Waals surface area contributed by atoms with Gasteiger partial charge in [0.05, 0.1) is 18.4 Å². The van der Waals surface area contributed by atoms with E-state index in [1.54, 1.807) is 23.2 Å². The maximum Gasteiger partial charge on any atom is 0.325 e. The molecule has 206 valence electrons. The number of likely N-dealkylation sites (tertiary alicyclic amines) is 1. The van der Waals surface area contributed by atoms with Crippen molar-refractivity contribution in [2.75, 3.05) is 25.0 Å². The Morgan fingerprint density at radius 1 is 1.21 bits per heavy atom. The highest BCUT2D eigenvalue weighted by Gasteiger charge is 2.45. The second kappa shape index (κ2) is 12.0. The summed E-state index contributed by atoms with van der Waals surface area (Å²) < 4.78 is 36.3. The molecule has 0 spiro atoms. The van der Waals surface area contributed by atoms with Crippen molar-refractivity contribution in [3.8, 4) is 0 Å². The number of aliphatic carboxylic acids is 1. The number of carbonyl (C=O) groups is 1. The van der Waals surface area contributed by atoms with E-state index < -0.39 is 23.9 Å². The highest BCUT2D eigenvalue weighted by Crippen LogP contribution is 2.40. The number of rotatable bonds is 12. The number of halogens is 2. The molecule has 9 heteroatoms. The first-order chi connectivity index (χ1) is 18.4. The van der Waals surface area contributed by atoms with Crippen molar-refractivity contribution in [1.29, 1.82) is 0 Å². The molecule has 0 radical (unpaired) electrons. The summed E-state index contributed by atoms with van der Waals surface area (Å²) in [6, 6.07) is 6.54. The van der Waals surface area contributed by atoms with Gasteiger partial charge in [-0.15, -0.1) is 0 Å². The van der Waals surface area contributed by atoms with Crippen LogP contribution in [0.2, 0.25) is 0 Å². The van der Waals surface area contributed by atoms with Crippen molar-refractivity contribution in [3.63, 3.8) is 0 Å². The maximum absolute atomic E-state index is 15.2. The van der Waals surface area contributed by atoms with Crippen LogP contribution in [0.15, 0.2) is 30.5 Å². The Morgan fingerprint density at radius 2 is 2.08 bits per heavy atom. The summed E-state index contributed by atoms with van der Waals surface area (Å²) in [7, 11) is 0. The number of nitrogens with zero attached hydrogens (tertiary/aromatic N) is 3. The molecule has 2 N–H and O–H groups in total. The van der Waals surface area contributed by atoms with Crippen LogP contribution in [0.1, 0.15) is 79.9 Å². The number of unbranched alkanes of at least 4 members (excludes halogenated alkanes) is 1. The fraction of sp³-hybridized carbons (Fsp3) is 0.621. The molecule has 38 heavy (non-hydrogen) atoms. The van der Waals surface area contributed by atoms with Crippen LogP contribution >= 0.6 is 0 Å². The van der Waals surface area contributed by atoms with E-state index in [9.17, 15) is 9.90 Å². The van der Waals surface area contributed by atoms with Crippen molar-refractivity contribution in [1.82, 2.24) is 14.9 Å². The number of hydrogen-bond donors (Lipinski definition) is 2. The Kier molecular flexibility index (Phi) is 8.53. The number of carboxylic acids is 1. The van der Waals surface area contributed by atoms with Gasteiger partial charge in [-0.3, -0.25) is 14.7 Å². The van der Waals surface area contributed by atoms with E-state index >= 15 is 8.78 Å². The molecule has 1 saturated heterocycles. The van der Waals surface area contributed by atoms with Crippen molar-refractivity contribution in [2.45, 2.75) is 88.9 Å². The molecular weight excluding hydrogens is 490 g/mol. The van der Waals surface area contributed by atoms with Crippen LogP contribution in [0, 0.1) is 5.92 Å². The Labute approximate surface area is 223 Å². The number of carboxylic acid groups (broad SMARTS) is 1. The fourth-order valence-electron chi connectivity index (χ4n) is 5.79. The van der Waals surface area contributed by atoms with Crippen molar-refractivity contribution < 1.29 is 23.4 Å². The summed E-state index contributed by atoms with van der Waals surface area (Å²) in [5, 5.41) is 13.4. The molecule has 3 aliphatic rings. The number of fused-ring (bicyclic) bond motifs is 1. The lowest BCUT2D eigenvalue weighted by molar-refractivity contribution is -0.143. The zero-order valence-corrected chi connectivity index (χ0v) is 21.9. The van der Waals surface area contributed by atoms with Crippen molar-refractivity contribution in [3.05, 3.63) is 53.0 Å². The first-order valence-corrected chi connectivity index (χ1v) is 14.0. The molecule has 7 nitrogen and oxygen atoms in total. The predicted molar refractivity (Wildman–Crippen MR) is 140 cm³/mol. The number of anilines is 1. The first-order valence-electron chi connectivity index (χ1n) is 14.0. The predicted octanol–water partition coefficient (Wildman–Crippen LogP) is 5.40. The molecule has 5 rings (SSSR count). The Morgan fingerprint density at radius 3 is 2.87 bits per heavy atom. The van der Waals surface area contributed by atoms with Gasteiger partial charge in [0.15, 0.2) is 0 Å². The first kappa shape index (κ1) is 26.9. The van der Waals surface area contributed by atoms with Crippen LogP contribution in [-0.4, -0.2) is 57.6 Å². The zero-order valence-electron chi connectivity index (χ0n) is 21.9. The molecule has 1 saturated carbocycles. The second-order valence-corrected chi connectivity index (χ2v) is 10.9. The summed E-state index contributed by atoms with van der Waals surface area (Å²) in [6.07, 6.45) is 8.93.